The molecule has 0 bridgehead atoms. The van der Waals surface area contributed by atoms with E-state index in [4.69, 9.17) is 0 Å². The van der Waals surface area contributed by atoms with Crippen LogP contribution in [0.5, 0.6) is 0 Å². The summed E-state index contributed by atoms with van der Waals surface area (Å²) in [7, 11) is 1.40. The van der Waals surface area contributed by atoms with E-state index < -0.39 is 0 Å². The third kappa shape index (κ3) is 5.31. The molecule has 0 aliphatic heterocycles. The third-order valence-corrected chi connectivity index (χ3v) is 4.83. The van der Waals surface area contributed by atoms with E-state index >= 15 is 0 Å². The molecule has 18 heavy (non-hydrogen) atoms. The van der Waals surface area contributed by atoms with Crippen molar-refractivity contribution in [1.82, 2.24) is 0 Å². The first-order valence-electron chi connectivity index (χ1n) is 5.68. The average Bonchev–Trinajstić information content (AvgIpc) is 2.39. The molecular weight excluding hydrogens is 271 g/mol. The van der Waals surface area contributed by atoms with Gasteiger partial charge >= 0.3 is 5.97 Å². The van der Waals surface area contributed by atoms with Crippen LogP contribution >= 0.6 is 23.5 Å². The molecule has 0 spiro atoms. The molecule has 0 aromatic heterocycles. The van der Waals surface area contributed by atoms with Crippen LogP contribution in [-0.2, 0) is 9.53 Å². The predicted molar refractivity (Wildman–Crippen MR) is 75.6 cm³/mol. The molecule has 1 unspecified atom stereocenters. The molecule has 100 valence electrons. The van der Waals surface area contributed by atoms with Gasteiger partial charge in [-0.3, -0.25) is 4.79 Å². The predicted octanol–water partition coefficient (Wildman–Crippen LogP) is 3.46. The highest BCUT2D eigenvalue weighted by Gasteiger charge is 2.12. The summed E-state index contributed by atoms with van der Waals surface area (Å²) in [4.78, 5) is 11.8. The molecule has 0 heterocycles. The van der Waals surface area contributed by atoms with Crippen molar-refractivity contribution >= 4 is 29.5 Å². The number of rotatable bonds is 7. The Hall–Kier alpha value is -0.680. The molecule has 1 aromatic carbocycles. The average molecular weight is 288 g/mol. The molecule has 0 saturated heterocycles. The second kappa shape index (κ2) is 8.43. The molecule has 0 saturated carbocycles. The van der Waals surface area contributed by atoms with Crippen molar-refractivity contribution in [2.45, 2.75) is 11.8 Å². The molecule has 0 radical (unpaired) electrons. The highest BCUT2D eigenvalue weighted by molar-refractivity contribution is 8.03. The number of benzene rings is 1. The smallest absolute Gasteiger partial charge is 0.309 e. The van der Waals surface area contributed by atoms with Crippen molar-refractivity contribution in [3.05, 3.63) is 30.1 Å². The summed E-state index contributed by atoms with van der Waals surface area (Å²) in [5, 5.41) is 0. The number of hydrogen-bond donors (Lipinski definition) is 0. The summed E-state index contributed by atoms with van der Waals surface area (Å²) in [6.45, 7) is 1.85. The summed E-state index contributed by atoms with van der Waals surface area (Å²) < 4.78 is 17.9. The van der Waals surface area contributed by atoms with Crippen molar-refractivity contribution in [3.8, 4) is 0 Å². The highest BCUT2D eigenvalue weighted by Crippen LogP contribution is 2.22. The number of thioether (sulfide) groups is 2. The third-order valence-electron chi connectivity index (χ3n) is 2.29. The minimum Gasteiger partial charge on any atom is -0.469 e. The van der Waals surface area contributed by atoms with Gasteiger partial charge in [0.05, 0.1) is 13.0 Å². The lowest BCUT2D eigenvalue weighted by Crippen LogP contribution is -2.15. The quantitative estimate of drug-likeness (QED) is 0.436. The van der Waals surface area contributed by atoms with E-state index in [1.165, 1.54) is 24.9 Å². The van der Waals surface area contributed by atoms with Crippen LogP contribution in [0.4, 0.5) is 4.39 Å². The second-order valence-electron chi connectivity index (χ2n) is 3.78. The zero-order chi connectivity index (χ0) is 13.4. The standard InChI is InChI=1S/C13H17FO2S2/c1-10(13(15)16-2)9-17-7-8-18-12-6-4-3-5-11(12)14/h3-6,10H,7-9H2,1-2H3. The lowest BCUT2D eigenvalue weighted by molar-refractivity contribution is -0.143. The summed E-state index contributed by atoms with van der Waals surface area (Å²) in [5.41, 5.74) is 0. The highest BCUT2D eigenvalue weighted by atomic mass is 32.2. The van der Waals surface area contributed by atoms with Gasteiger partial charge in [-0.15, -0.1) is 11.8 Å². The first-order chi connectivity index (χ1) is 8.65. The van der Waals surface area contributed by atoms with E-state index in [-0.39, 0.29) is 17.7 Å². The van der Waals surface area contributed by atoms with Gasteiger partial charge in [-0.1, -0.05) is 19.1 Å². The van der Waals surface area contributed by atoms with Gasteiger partial charge in [0.15, 0.2) is 0 Å². The Morgan fingerprint density at radius 2 is 2.11 bits per heavy atom. The molecule has 1 atom stereocenters. The van der Waals surface area contributed by atoms with Gasteiger partial charge in [0.1, 0.15) is 5.82 Å². The zero-order valence-electron chi connectivity index (χ0n) is 10.5. The fourth-order valence-electron chi connectivity index (χ4n) is 1.30. The van der Waals surface area contributed by atoms with Crippen molar-refractivity contribution in [2.75, 3.05) is 24.4 Å². The topological polar surface area (TPSA) is 26.3 Å². The van der Waals surface area contributed by atoms with E-state index in [9.17, 15) is 9.18 Å². The van der Waals surface area contributed by atoms with Gasteiger partial charge in [-0.05, 0) is 12.1 Å². The number of halogens is 1. The Morgan fingerprint density at radius 3 is 2.78 bits per heavy atom. The van der Waals surface area contributed by atoms with E-state index in [0.717, 1.165) is 17.3 Å². The number of methoxy groups -OCH3 is 1. The van der Waals surface area contributed by atoms with Crippen molar-refractivity contribution in [3.63, 3.8) is 0 Å². The first kappa shape index (κ1) is 15.4. The van der Waals surface area contributed by atoms with Gasteiger partial charge in [0.2, 0.25) is 0 Å². The van der Waals surface area contributed by atoms with Gasteiger partial charge in [0.25, 0.3) is 0 Å². The zero-order valence-corrected chi connectivity index (χ0v) is 12.2. The van der Waals surface area contributed by atoms with E-state index in [1.54, 1.807) is 23.9 Å². The van der Waals surface area contributed by atoms with Crippen LogP contribution in [0.3, 0.4) is 0 Å². The minimum atomic E-state index is -0.177. The summed E-state index contributed by atoms with van der Waals surface area (Å²) >= 11 is 3.19. The molecule has 0 aliphatic carbocycles. The largest absolute Gasteiger partial charge is 0.469 e. The molecule has 1 rings (SSSR count). The Bertz CT molecular complexity index is 385. The molecule has 0 fully saturated rings. The Morgan fingerprint density at radius 1 is 1.39 bits per heavy atom. The van der Waals surface area contributed by atoms with Crippen LogP contribution in [0.2, 0.25) is 0 Å². The number of carbonyl (C=O) groups excluding carboxylic acids is 1. The minimum absolute atomic E-state index is 0.0848. The molecule has 2 nitrogen and oxygen atoms in total. The van der Waals surface area contributed by atoms with Crippen LogP contribution in [0.25, 0.3) is 0 Å². The molecule has 0 N–H and O–H groups in total. The van der Waals surface area contributed by atoms with Gasteiger partial charge < -0.3 is 4.74 Å². The molecular formula is C13H17FO2S2. The second-order valence-corrected chi connectivity index (χ2v) is 6.06. The van der Waals surface area contributed by atoms with Gasteiger partial charge in [-0.25, -0.2) is 4.39 Å². The van der Waals surface area contributed by atoms with Crippen LogP contribution < -0.4 is 0 Å². The van der Waals surface area contributed by atoms with Crippen LogP contribution in [0.1, 0.15) is 6.92 Å². The molecule has 0 amide bonds. The number of carbonyl (C=O) groups is 1. The fourth-order valence-corrected chi connectivity index (χ4v) is 3.36. The van der Waals surface area contributed by atoms with E-state index in [2.05, 4.69) is 4.74 Å². The lowest BCUT2D eigenvalue weighted by atomic mass is 10.2. The molecule has 1 aromatic rings. The number of hydrogen-bond acceptors (Lipinski definition) is 4. The van der Waals surface area contributed by atoms with Crippen molar-refractivity contribution in [2.24, 2.45) is 5.92 Å². The Kier molecular flexibility index (Phi) is 7.20. The SMILES string of the molecule is COC(=O)C(C)CSCCSc1ccccc1F. The van der Waals surface area contributed by atoms with E-state index in [0.29, 0.717) is 4.90 Å². The maximum Gasteiger partial charge on any atom is 0.309 e. The number of esters is 1. The first-order valence-corrected chi connectivity index (χ1v) is 7.82. The van der Waals surface area contributed by atoms with Crippen LogP contribution in [0.15, 0.2) is 29.2 Å². The Labute approximate surface area is 116 Å². The van der Waals surface area contributed by atoms with Gasteiger partial charge in [0, 0.05) is 22.2 Å². The number of ether oxygens (including phenoxy) is 1. The summed E-state index contributed by atoms with van der Waals surface area (Å²) in [5.74, 6) is 2.03. The Balaban J connectivity index is 2.16. The van der Waals surface area contributed by atoms with Crippen molar-refractivity contribution < 1.29 is 13.9 Å². The lowest BCUT2D eigenvalue weighted by Gasteiger charge is -2.08. The maximum atomic E-state index is 13.3. The van der Waals surface area contributed by atoms with Gasteiger partial charge in [-0.2, -0.15) is 11.8 Å². The van der Waals surface area contributed by atoms with Crippen LogP contribution in [-0.4, -0.2) is 30.3 Å². The maximum absolute atomic E-state index is 13.3. The van der Waals surface area contributed by atoms with Crippen LogP contribution in [0, 0.1) is 11.7 Å². The fraction of sp³-hybridized carbons (Fsp3) is 0.462. The summed E-state index contributed by atoms with van der Waals surface area (Å²) in [6.07, 6.45) is 0. The normalized spacial score (nSPS) is 12.2. The molecule has 0 aliphatic rings. The summed E-state index contributed by atoms with van der Waals surface area (Å²) in [6, 6.07) is 6.76. The molecule has 5 heteroatoms. The van der Waals surface area contributed by atoms with E-state index in [1.807, 2.05) is 13.0 Å². The monoisotopic (exact) mass is 288 g/mol. The van der Waals surface area contributed by atoms with Crippen molar-refractivity contribution in [1.29, 1.82) is 0 Å².